The lowest BCUT2D eigenvalue weighted by Gasteiger charge is -2.33. The van der Waals surface area contributed by atoms with E-state index in [1.54, 1.807) is 23.0 Å². The van der Waals surface area contributed by atoms with E-state index in [4.69, 9.17) is 10.1 Å². The molecule has 11 heteroatoms. The van der Waals surface area contributed by atoms with Crippen molar-refractivity contribution in [3.8, 4) is 0 Å². The maximum Gasteiger partial charge on any atom is 0.414 e. The van der Waals surface area contributed by atoms with Gasteiger partial charge in [-0.2, -0.15) is 0 Å². The third-order valence-electron chi connectivity index (χ3n) is 5.55. The number of nitrogens with one attached hydrogen (secondary N) is 2. The Morgan fingerprint density at radius 2 is 2.16 bits per heavy atom. The summed E-state index contributed by atoms with van der Waals surface area (Å²) in [5.74, 6) is -0.603. The summed E-state index contributed by atoms with van der Waals surface area (Å²) in [6.07, 6.45) is 3.45. The Kier molecular flexibility index (Phi) is 5.83. The van der Waals surface area contributed by atoms with Crippen LogP contribution in [0.25, 0.3) is 0 Å². The van der Waals surface area contributed by atoms with E-state index in [0.29, 0.717) is 30.2 Å². The summed E-state index contributed by atoms with van der Waals surface area (Å²) in [5, 5.41) is 17.8. The maximum atomic E-state index is 14.9. The van der Waals surface area contributed by atoms with Gasteiger partial charge in [-0.05, 0) is 31.0 Å². The van der Waals surface area contributed by atoms with Gasteiger partial charge in [-0.1, -0.05) is 5.21 Å². The molecule has 0 unspecified atom stereocenters. The molecule has 2 N–H and O–H groups in total. The monoisotopic (exact) mass is 429 g/mol. The van der Waals surface area contributed by atoms with Gasteiger partial charge in [0.2, 0.25) is 5.91 Å². The number of benzene rings is 1. The van der Waals surface area contributed by atoms with E-state index < -0.39 is 18.0 Å². The van der Waals surface area contributed by atoms with Crippen LogP contribution in [-0.2, 0) is 9.53 Å². The van der Waals surface area contributed by atoms with E-state index in [9.17, 15) is 14.0 Å². The largest absolute Gasteiger partial charge is 0.442 e. The van der Waals surface area contributed by atoms with Crippen LogP contribution in [0.4, 0.5) is 20.6 Å². The molecule has 0 bridgehead atoms. The molecule has 2 amide bonds. The third-order valence-corrected chi connectivity index (χ3v) is 5.55. The molecule has 0 aliphatic carbocycles. The molecule has 0 spiro atoms. The van der Waals surface area contributed by atoms with Gasteiger partial charge in [0.05, 0.1) is 36.7 Å². The first-order valence-electron chi connectivity index (χ1n) is 10.1. The lowest BCUT2D eigenvalue weighted by molar-refractivity contribution is -0.119. The van der Waals surface area contributed by atoms with Gasteiger partial charge >= 0.3 is 6.09 Å². The summed E-state index contributed by atoms with van der Waals surface area (Å²) in [4.78, 5) is 26.5. The Labute approximate surface area is 178 Å². The molecular weight excluding hydrogens is 405 g/mol. The molecule has 0 radical (unpaired) electrons. The lowest BCUT2D eigenvalue weighted by Crippen LogP contribution is -2.35. The standard InChI is InChI=1S/C20H24FN7O3/c1-13(29)23-10-17-12-27(20(30)31-17)16-2-3-19(18(21)8-16)26-6-4-15(5-7-26)28-11-14(9-22)24-25-28/h2-3,8-9,11,15,17,22H,4-7,10,12H2,1H3,(H,23,29)/t17-/m0/s1. The third kappa shape index (κ3) is 4.49. The predicted molar refractivity (Wildman–Crippen MR) is 111 cm³/mol. The molecule has 2 aromatic rings. The Morgan fingerprint density at radius 1 is 1.39 bits per heavy atom. The van der Waals surface area contributed by atoms with Crippen molar-refractivity contribution in [1.29, 1.82) is 5.41 Å². The van der Waals surface area contributed by atoms with Crippen molar-refractivity contribution < 1.29 is 18.7 Å². The maximum absolute atomic E-state index is 14.9. The molecule has 0 saturated carbocycles. The Hall–Kier alpha value is -3.50. The molecule has 4 rings (SSSR count). The number of halogens is 1. The highest BCUT2D eigenvalue weighted by molar-refractivity contribution is 5.90. The number of hydrogen-bond acceptors (Lipinski definition) is 7. The van der Waals surface area contributed by atoms with Crippen LogP contribution in [0.1, 0.15) is 31.5 Å². The van der Waals surface area contributed by atoms with Crippen LogP contribution in [0.15, 0.2) is 24.4 Å². The summed E-state index contributed by atoms with van der Waals surface area (Å²) in [5.41, 5.74) is 1.43. The van der Waals surface area contributed by atoms with Crippen LogP contribution >= 0.6 is 0 Å². The molecule has 31 heavy (non-hydrogen) atoms. The molecule has 164 valence electrons. The molecule has 2 saturated heterocycles. The van der Waals surface area contributed by atoms with Crippen molar-refractivity contribution in [3.63, 3.8) is 0 Å². The smallest absolute Gasteiger partial charge is 0.414 e. The first kappa shape index (κ1) is 20.8. The fraction of sp³-hybridized carbons (Fsp3) is 0.450. The molecule has 3 heterocycles. The minimum atomic E-state index is -0.555. The Balaban J connectivity index is 1.38. The van der Waals surface area contributed by atoms with Gasteiger partial charge in [0.1, 0.15) is 17.6 Å². The average molecular weight is 429 g/mol. The highest BCUT2D eigenvalue weighted by Gasteiger charge is 2.33. The number of aromatic nitrogens is 3. The highest BCUT2D eigenvalue weighted by Crippen LogP contribution is 2.31. The van der Waals surface area contributed by atoms with Crippen LogP contribution in [0.5, 0.6) is 0 Å². The van der Waals surface area contributed by atoms with Gasteiger partial charge in [0.15, 0.2) is 0 Å². The van der Waals surface area contributed by atoms with E-state index in [2.05, 4.69) is 15.6 Å². The van der Waals surface area contributed by atoms with Crippen LogP contribution in [0, 0.1) is 11.2 Å². The number of carbonyl (C=O) groups is 2. The molecule has 2 fully saturated rings. The number of hydrogen-bond donors (Lipinski definition) is 2. The number of piperidine rings is 1. The van der Waals surface area contributed by atoms with Gasteiger partial charge in [-0.25, -0.2) is 13.9 Å². The van der Waals surface area contributed by atoms with Crippen molar-refractivity contribution in [2.75, 3.05) is 36.0 Å². The molecule has 2 aliphatic rings. The molecule has 10 nitrogen and oxygen atoms in total. The summed E-state index contributed by atoms with van der Waals surface area (Å²) in [6, 6.07) is 4.90. The van der Waals surface area contributed by atoms with Crippen LogP contribution in [-0.4, -0.2) is 65.5 Å². The first-order chi connectivity index (χ1) is 14.9. The zero-order valence-corrected chi connectivity index (χ0v) is 17.1. The second kappa shape index (κ2) is 8.70. The minimum Gasteiger partial charge on any atom is -0.442 e. The topological polar surface area (TPSA) is 116 Å². The molecule has 1 aromatic heterocycles. The van der Waals surface area contributed by atoms with Gasteiger partial charge in [-0.3, -0.25) is 9.69 Å². The summed E-state index contributed by atoms with van der Waals surface area (Å²) < 4.78 is 21.9. The van der Waals surface area contributed by atoms with E-state index in [-0.39, 0.29) is 25.0 Å². The number of nitrogens with zero attached hydrogens (tertiary/aromatic N) is 5. The normalized spacial score (nSPS) is 19.4. The molecule has 1 atom stereocenters. The fourth-order valence-electron chi connectivity index (χ4n) is 3.92. The van der Waals surface area contributed by atoms with Gasteiger partial charge in [0.25, 0.3) is 0 Å². The molecular formula is C20H24FN7O3. The van der Waals surface area contributed by atoms with Crippen molar-refractivity contribution in [2.24, 2.45) is 0 Å². The van der Waals surface area contributed by atoms with E-state index >= 15 is 0 Å². The SMILES string of the molecule is CC(=O)NC[C@H]1CN(c2ccc(N3CCC(n4cc(C=N)nn4)CC3)c(F)c2)C(=O)O1. The summed E-state index contributed by atoms with van der Waals surface area (Å²) in [7, 11) is 0. The lowest BCUT2D eigenvalue weighted by atomic mass is 10.0. The quantitative estimate of drug-likeness (QED) is 0.676. The Bertz CT molecular complexity index is 987. The second-order valence-corrected chi connectivity index (χ2v) is 7.68. The van der Waals surface area contributed by atoms with Crippen molar-refractivity contribution in [2.45, 2.75) is 31.9 Å². The summed E-state index contributed by atoms with van der Waals surface area (Å²) in [6.45, 7) is 3.18. The van der Waals surface area contributed by atoms with Crippen molar-refractivity contribution >= 4 is 29.6 Å². The zero-order chi connectivity index (χ0) is 22.0. The van der Waals surface area contributed by atoms with E-state index in [0.717, 1.165) is 19.1 Å². The van der Waals surface area contributed by atoms with Crippen LogP contribution in [0.3, 0.4) is 0 Å². The second-order valence-electron chi connectivity index (χ2n) is 7.68. The predicted octanol–water partition coefficient (Wildman–Crippen LogP) is 1.72. The summed E-state index contributed by atoms with van der Waals surface area (Å²) >= 11 is 0. The highest BCUT2D eigenvalue weighted by atomic mass is 19.1. The fourth-order valence-corrected chi connectivity index (χ4v) is 3.92. The zero-order valence-electron chi connectivity index (χ0n) is 17.1. The minimum absolute atomic E-state index is 0.166. The molecule has 2 aliphatic heterocycles. The van der Waals surface area contributed by atoms with E-state index in [1.165, 1.54) is 17.9 Å². The number of carbonyl (C=O) groups excluding carboxylic acids is 2. The Morgan fingerprint density at radius 3 is 2.81 bits per heavy atom. The van der Waals surface area contributed by atoms with Gasteiger partial charge in [-0.15, -0.1) is 5.10 Å². The van der Waals surface area contributed by atoms with E-state index in [1.807, 2.05) is 4.90 Å². The number of ether oxygens (including phenoxy) is 1. The number of cyclic esters (lactones) is 1. The van der Waals surface area contributed by atoms with Crippen LogP contribution < -0.4 is 15.1 Å². The van der Waals surface area contributed by atoms with Crippen molar-refractivity contribution in [1.82, 2.24) is 20.3 Å². The van der Waals surface area contributed by atoms with Crippen LogP contribution in [0.2, 0.25) is 0 Å². The van der Waals surface area contributed by atoms with Gasteiger partial charge in [0, 0.05) is 26.2 Å². The number of rotatable bonds is 6. The number of amides is 2. The van der Waals surface area contributed by atoms with Gasteiger partial charge < -0.3 is 20.4 Å². The average Bonchev–Trinajstić information content (AvgIpc) is 3.39. The molecule has 1 aromatic carbocycles. The number of anilines is 2. The first-order valence-corrected chi connectivity index (χ1v) is 10.1. The van der Waals surface area contributed by atoms with Crippen molar-refractivity contribution in [3.05, 3.63) is 35.9 Å².